The molecular formula is C14H13ClN2OS. The van der Waals surface area contributed by atoms with E-state index < -0.39 is 0 Å². The molecule has 98 valence electrons. The predicted octanol–water partition coefficient (Wildman–Crippen LogP) is 4.09. The number of para-hydroxylation sites is 1. The summed E-state index contributed by atoms with van der Waals surface area (Å²) in [6.07, 6.45) is 0.668. The molecule has 0 bridgehead atoms. The van der Waals surface area contributed by atoms with Crippen molar-refractivity contribution in [3.05, 3.63) is 51.1 Å². The molecule has 5 heteroatoms. The molecule has 3 rings (SSSR count). The summed E-state index contributed by atoms with van der Waals surface area (Å²) >= 11 is 7.72. The average molecular weight is 293 g/mol. The van der Waals surface area contributed by atoms with Gasteiger partial charge in [-0.05, 0) is 19.1 Å². The fourth-order valence-corrected chi connectivity index (χ4v) is 2.90. The van der Waals surface area contributed by atoms with Crippen LogP contribution in [0.2, 0.25) is 5.02 Å². The highest BCUT2D eigenvalue weighted by molar-refractivity contribution is 7.09. The topological polar surface area (TPSA) is 52.0 Å². The minimum Gasteiger partial charge on any atom is -0.458 e. The van der Waals surface area contributed by atoms with E-state index in [0.717, 1.165) is 21.8 Å². The highest BCUT2D eigenvalue weighted by Gasteiger charge is 2.15. The molecule has 2 N–H and O–H groups in total. The zero-order valence-corrected chi connectivity index (χ0v) is 12.0. The summed E-state index contributed by atoms with van der Waals surface area (Å²) in [6, 6.07) is 7.43. The number of aromatic nitrogens is 1. The third-order valence-corrected chi connectivity index (χ3v) is 4.10. The van der Waals surface area contributed by atoms with Gasteiger partial charge in [-0.25, -0.2) is 4.98 Å². The molecular weight excluding hydrogens is 280 g/mol. The molecule has 1 unspecified atom stereocenters. The number of furan rings is 1. The minimum absolute atomic E-state index is 0.204. The Morgan fingerprint density at radius 3 is 3.00 bits per heavy atom. The van der Waals surface area contributed by atoms with E-state index in [1.54, 1.807) is 11.3 Å². The van der Waals surface area contributed by atoms with Crippen molar-refractivity contribution in [2.75, 3.05) is 0 Å². The summed E-state index contributed by atoms with van der Waals surface area (Å²) in [5.41, 5.74) is 7.88. The SMILES string of the molecule is Cc1nc(CC(N)c2cc3cccc(Cl)c3o2)cs1. The lowest BCUT2D eigenvalue weighted by Gasteiger charge is -2.05. The van der Waals surface area contributed by atoms with Crippen LogP contribution in [0, 0.1) is 6.92 Å². The lowest BCUT2D eigenvalue weighted by Crippen LogP contribution is -2.12. The van der Waals surface area contributed by atoms with Gasteiger partial charge >= 0.3 is 0 Å². The van der Waals surface area contributed by atoms with Gasteiger partial charge in [0.05, 0.1) is 21.8 Å². The molecule has 0 aliphatic carbocycles. The first-order valence-electron chi connectivity index (χ1n) is 5.98. The van der Waals surface area contributed by atoms with Crippen molar-refractivity contribution in [1.82, 2.24) is 4.98 Å². The second kappa shape index (κ2) is 4.96. The fraction of sp³-hybridized carbons (Fsp3) is 0.214. The van der Waals surface area contributed by atoms with E-state index in [-0.39, 0.29) is 6.04 Å². The van der Waals surface area contributed by atoms with E-state index in [0.29, 0.717) is 17.0 Å². The lowest BCUT2D eigenvalue weighted by atomic mass is 10.1. The van der Waals surface area contributed by atoms with Crippen molar-refractivity contribution in [3.63, 3.8) is 0 Å². The Morgan fingerprint density at radius 1 is 1.47 bits per heavy atom. The van der Waals surface area contributed by atoms with Crippen molar-refractivity contribution in [3.8, 4) is 0 Å². The molecule has 19 heavy (non-hydrogen) atoms. The molecule has 0 saturated heterocycles. The number of halogens is 1. The Kier molecular flexibility index (Phi) is 3.31. The first kappa shape index (κ1) is 12.7. The van der Waals surface area contributed by atoms with Gasteiger partial charge in [-0.15, -0.1) is 11.3 Å². The van der Waals surface area contributed by atoms with Crippen molar-refractivity contribution in [2.24, 2.45) is 5.73 Å². The molecule has 1 atom stereocenters. The van der Waals surface area contributed by atoms with Crippen LogP contribution in [0.15, 0.2) is 34.1 Å². The molecule has 0 radical (unpaired) electrons. The molecule has 3 aromatic rings. The lowest BCUT2D eigenvalue weighted by molar-refractivity contribution is 0.492. The number of benzene rings is 1. The van der Waals surface area contributed by atoms with Gasteiger partial charge in [-0.2, -0.15) is 0 Å². The Morgan fingerprint density at radius 2 is 2.32 bits per heavy atom. The van der Waals surface area contributed by atoms with Crippen molar-refractivity contribution < 1.29 is 4.42 Å². The third-order valence-electron chi connectivity index (χ3n) is 2.98. The quantitative estimate of drug-likeness (QED) is 0.791. The number of rotatable bonds is 3. The Balaban J connectivity index is 1.89. The predicted molar refractivity (Wildman–Crippen MR) is 78.7 cm³/mol. The molecule has 1 aromatic carbocycles. The summed E-state index contributed by atoms with van der Waals surface area (Å²) in [5, 5.41) is 4.67. The van der Waals surface area contributed by atoms with Crippen LogP contribution in [0.1, 0.15) is 22.5 Å². The van der Waals surface area contributed by atoms with Crippen molar-refractivity contribution in [2.45, 2.75) is 19.4 Å². The van der Waals surface area contributed by atoms with Crippen LogP contribution >= 0.6 is 22.9 Å². The molecule has 2 aromatic heterocycles. The summed E-state index contributed by atoms with van der Waals surface area (Å²) in [5.74, 6) is 0.744. The van der Waals surface area contributed by atoms with Crippen LogP contribution in [-0.2, 0) is 6.42 Å². The van der Waals surface area contributed by atoms with Crippen LogP contribution in [0.25, 0.3) is 11.0 Å². The molecule has 0 saturated carbocycles. The Hall–Kier alpha value is -1.36. The number of nitrogens with two attached hydrogens (primary N) is 1. The number of aryl methyl sites for hydroxylation is 1. The molecule has 0 spiro atoms. The van der Waals surface area contributed by atoms with E-state index in [4.69, 9.17) is 21.8 Å². The Bertz CT molecular complexity index is 719. The normalized spacial score (nSPS) is 13.0. The van der Waals surface area contributed by atoms with E-state index in [2.05, 4.69) is 4.98 Å². The van der Waals surface area contributed by atoms with Gasteiger partial charge in [0.2, 0.25) is 0 Å². The van der Waals surface area contributed by atoms with Crippen LogP contribution in [-0.4, -0.2) is 4.98 Å². The van der Waals surface area contributed by atoms with Crippen LogP contribution in [0.5, 0.6) is 0 Å². The minimum atomic E-state index is -0.204. The van der Waals surface area contributed by atoms with Gasteiger partial charge in [-0.3, -0.25) is 0 Å². The van der Waals surface area contributed by atoms with Crippen LogP contribution in [0.4, 0.5) is 0 Å². The first-order valence-corrected chi connectivity index (χ1v) is 7.24. The van der Waals surface area contributed by atoms with Gasteiger partial charge in [0, 0.05) is 17.2 Å². The molecule has 0 amide bonds. The van der Waals surface area contributed by atoms with Crippen molar-refractivity contribution >= 4 is 33.9 Å². The number of fused-ring (bicyclic) bond motifs is 1. The van der Waals surface area contributed by atoms with Crippen LogP contribution in [0.3, 0.4) is 0 Å². The third kappa shape index (κ3) is 2.52. The summed E-state index contributed by atoms with van der Waals surface area (Å²) in [4.78, 5) is 4.42. The summed E-state index contributed by atoms with van der Waals surface area (Å²) < 4.78 is 5.76. The summed E-state index contributed by atoms with van der Waals surface area (Å²) in [6.45, 7) is 1.99. The number of nitrogens with zero attached hydrogens (tertiary/aromatic N) is 1. The maximum absolute atomic E-state index is 6.18. The van der Waals surface area contributed by atoms with Gasteiger partial charge in [0.15, 0.2) is 5.58 Å². The van der Waals surface area contributed by atoms with E-state index in [1.807, 2.05) is 36.6 Å². The Labute approximate surface area is 120 Å². The molecule has 3 nitrogen and oxygen atoms in total. The average Bonchev–Trinajstić information content (AvgIpc) is 2.96. The van der Waals surface area contributed by atoms with Gasteiger partial charge in [-0.1, -0.05) is 23.7 Å². The zero-order chi connectivity index (χ0) is 13.4. The highest BCUT2D eigenvalue weighted by Crippen LogP contribution is 2.29. The number of hydrogen-bond donors (Lipinski definition) is 1. The molecule has 0 aliphatic rings. The number of thiazole rings is 1. The van der Waals surface area contributed by atoms with E-state index in [9.17, 15) is 0 Å². The van der Waals surface area contributed by atoms with Crippen molar-refractivity contribution in [1.29, 1.82) is 0 Å². The fourth-order valence-electron chi connectivity index (χ4n) is 2.06. The monoisotopic (exact) mass is 292 g/mol. The largest absolute Gasteiger partial charge is 0.458 e. The first-order chi connectivity index (χ1) is 9.13. The zero-order valence-electron chi connectivity index (χ0n) is 10.4. The smallest absolute Gasteiger partial charge is 0.152 e. The molecule has 0 fully saturated rings. The van der Waals surface area contributed by atoms with Gasteiger partial charge in [0.1, 0.15) is 5.76 Å². The number of hydrogen-bond acceptors (Lipinski definition) is 4. The van der Waals surface area contributed by atoms with Gasteiger partial charge < -0.3 is 10.2 Å². The standard InChI is InChI=1S/C14H13ClN2OS/c1-8-17-10(7-19-8)6-12(16)13-5-9-3-2-4-11(15)14(9)18-13/h2-5,7,12H,6,16H2,1H3. The molecule has 0 aliphatic heterocycles. The second-order valence-corrected chi connectivity index (χ2v) is 5.94. The molecule has 2 heterocycles. The maximum Gasteiger partial charge on any atom is 0.152 e. The van der Waals surface area contributed by atoms with Gasteiger partial charge in [0.25, 0.3) is 0 Å². The maximum atomic E-state index is 6.18. The summed E-state index contributed by atoms with van der Waals surface area (Å²) in [7, 11) is 0. The van der Waals surface area contributed by atoms with E-state index in [1.165, 1.54) is 0 Å². The van der Waals surface area contributed by atoms with E-state index >= 15 is 0 Å². The second-order valence-electron chi connectivity index (χ2n) is 4.48. The highest BCUT2D eigenvalue weighted by atomic mass is 35.5. The van der Waals surface area contributed by atoms with Crippen LogP contribution < -0.4 is 5.73 Å².